The van der Waals surface area contributed by atoms with E-state index in [1.807, 2.05) is 0 Å². The van der Waals surface area contributed by atoms with Crippen LogP contribution < -0.4 is 5.32 Å². The van der Waals surface area contributed by atoms with Gasteiger partial charge in [-0.05, 0) is 30.5 Å². The van der Waals surface area contributed by atoms with Gasteiger partial charge in [0.2, 0.25) is 0 Å². The lowest BCUT2D eigenvalue weighted by atomic mass is 9.99. The highest BCUT2D eigenvalue weighted by atomic mass is 35.5. The lowest BCUT2D eigenvalue weighted by Gasteiger charge is -2.15. The van der Waals surface area contributed by atoms with E-state index in [1.165, 1.54) is 12.8 Å². The van der Waals surface area contributed by atoms with Gasteiger partial charge in [-0.3, -0.25) is 4.79 Å². The van der Waals surface area contributed by atoms with Crippen molar-refractivity contribution >= 4 is 29.1 Å². The van der Waals surface area contributed by atoms with Crippen molar-refractivity contribution in [3.8, 4) is 0 Å². The fourth-order valence-corrected chi connectivity index (χ4v) is 2.32. The average molecular weight is 302 g/mol. The molecule has 1 unspecified atom stereocenters. The summed E-state index contributed by atoms with van der Waals surface area (Å²) in [6.07, 6.45) is 4.61. The molecule has 19 heavy (non-hydrogen) atoms. The van der Waals surface area contributed by atoms with E-state index in [2.05, 4.69) is 19.2 Å². The summed E-state index contributed by atoms with van der Waals surface area (Å²) in [6.45, 7) is 5.02. The summed E-state index contributed by atoms with van der Waals surface area (Å²) in [4.78, 5) is 12.1. The number of carbonyl (C=O) groups is 1. The Kier molecular flexibility index (Phi) is 7.25. The van der Waals surface area contributed by atoms with Gasteiger partial charge < -0.3 is 5.32 Å². The minimum atomic E-state index is -0.151. The summed E-state index contributed by atoms with van der Waals surface area (Å²) in [5.41, 5.74) is 0.444. The van der Waals surface area contributed by atoms with Crippen molar-refractivity contribution in [2.24, 2.45) is 5.92 Å². The van der Waals surface area contributed by atoms with Gasteiger partial charge in [-0.25, -0.2) is 0 Å². The van der Waals surface area contributed by atoms with Crippen LogP contribution in [0.4, 0.5) is 0 Å². The summed E-state index contributed by atoms with van der Waals surface area (Å²) in [6, 6.07) is 4.93. The fraction of sp³-hybridized carbons (Fsp3) is 0.533. The second-order valence-electron chi connectivity index (χ2n) is 4.75. The van der Waals surface area contributed by atoms with Crippen LogP contribution in [-0.2, 0) is 0 Å². The topological polar surface area (TPSA) is 29.1 Å². The molecule has 1 aromatic carbocycles. The zero-order chi connectivity index (χ0) is 14.3. The van der Waals surface area contributed by atoms with Gasteiger partial charge in [0.05, 0.1) is 10.6 Å². The monoisotopic (exact) mass is 301 g/mol. The Hall–Kier alpha value is -0.730. The first kappa shape index (κ1) is 16.3. The standard InChI is InChI=1S/C15H21Cl2NO/c1-3-5-6-11(4-2)10-18-15(19)13-9-12(16)7-8-14(13)17/h7-9,11H,3-6,10H2,1-2H3,(H,18,19). The number of amides is 1. The van der Waals surface area contributed by atoms with Crippen molar-refractivity contribution in [1.82, 2.24) is 5.32 Å². The van der Waals surface area contributed by atoms with Crippen molar-refractivity contribution in [1.29, 1.82) is 0 Å². The molecule has 106 valence electrons. The Bertz CT molecular complexity index is 421. The van der Waals surface area contributed by atoms with Crippen LogP contribution in [-0.4, -0.2) is 12.5 Å². The first-order valence-corrected chi connectivity index (χ1v) is 7.57. The van der Waals surface area contributed by atoms with Crippen LogP contribution in [0.1, 0.15) is 49.9 Å². The lowest BCUT2D eigenvalue weighted by Crippen LogP contribution is -2.29. The van der Waals surface area contributed by atoms with E-state index in [0.717, 1.165) is 12.8 Å². The Morgan fingerprint density at radius 3 is 2.68 bits per heavy atom. The highest BCUT2D eigenvalue weighted by Gasteiger charge is 2.13. The van der Waals surface area contributed by atoms with Gasteiger partial charge in [-0.1, -0.05) is 56.3 Å². The third-order valence-corrected chi connectivity index (χ3v) is 3.83. The molecular weight excluding hydrogens is 281 g/mol. The number of halogens is 2. The quantitative estimate of drug-likeness (QED) is 0.759. The maximum atomic E-state index is 12.1. The molecule has 0 aliphatic rings. The van der Waals surface area contributed by atoms with Gasteiger partial charge in [0, 0.05) is 11.6 Å². The van der Waals surface area contributed by atoms with Gasteiger partial charge in [-0.15, -0.1) is 0 Å². The predicted molar refractivity (Wildman–Crippen MR) is 82.1 cm³/mol. The van der Waals surface area contributed by atoms with Crippen molar-refractivity contribution in [3.63, 3.8) is 0 Å². The van der Waals surface area contributed by atoms with E-state index >= 15 is 0 Å². The molecule has 1 aromatic rings. The maximum absolute atomic E-state index is 12.1. The summed E-state index contributed by atoms with van der Waals surface area (Å²) < 4.78 is 0. The average Bonchev–Trinajstić information content (AvgIpc) is 2.41. The third kappa shape index (κ3) is 5.42. The van der Waals surface area contributed by atoms with E-state index in [9.17, 15) is 4.79 Å². The van der Waals surface area contributed by atoms with Crippen LogP contribution in [0, 0.1) is 5.92 Å². The zero-order valence-corrected chi connectivity index (χ0v) is 13.0. The van der Waals surface area contributed by atoms with Gasteiger partial charge in [0.25, 0.3) is 5.91 Å². The smallest absolute Gasteiger partial charge is 0.252 e. The largest absolute Gasteiger partial charge is 0.352 e. The second kappa shape index (κ2) is 8.44. The molecule has 0 aliphatic carbocycles. The molecule has 1 N–H and O–H groups in total. The molecule has 0 aromatic heterocycles. The third-order valence-electron chi connectivity index (χ3n) is 3.27. The molecule has 0 radical (unpaired) electrons. The van der Waals surface area contributed by atoms with E-state index in [0.29, 0.717) is 28.1 Å². The van der Waals surface area contributed by atoms with Crippen molar-refractivity contribution in [2.45, 2.75) is 39.5 Å². The summed E-state index contributed by atoms with van der Waals surface area (Å²) >= 11 is 11.9. The lowest BCUT2D eigenvalue weighted by molar-refractivity contribution is 0.0946. The van der Waals surface area contributed by atoms with Gasteiger partial charge in [-0.2, -0.15) is 0 Å². The molecule has 0 spiro atoms. The summed E-state index contributed by atoms with van der Waals surface area (Å²) in [7, 11) is 0. The van der Waals surface area contributed by atoms with Gasteiger partial charge in [0.1, 0.15) is 0 Å². The number of carbonyl (C=O) groups excluding carboxylic acids is 1. The van der Waals surface area contributed by atoms with Crippen LogP contribution >= 0.6 is 23.2 Å². The van der Waals surface area contributed by atoms with E-state index in [-0.39, 0.29) is 5.91 Å². The molecule has 1 rings (SSSR count). The fourth-order valence-electron chi connectivity index (χ4n) is 1.95. The number of rotatable bonds is 7. The number of unbranched alkanes of at least 4 members (excludes halogenated alkanes) is 1. The Morgan fingerprint density at radius 2 is 2.05 bits per heavy atom. The number of nitrogens with one attached hydrogen (secondary N) is 1. The minimum Gasteiger partial charge on any atom is -0.352 e. The van der Waals surface area contributed by atoms with Crippen LogP contribution in [0.25, 0.3) is 0 Å². The molecular formula is C15H21Cl2NO. The van der Waals surface area contributed by atoms with Crippen LogP contribution in [0.3, 0.4) is 0 Å². The van der Waals surface area contributed by atoms with E-state index in [1.54, 1.807) is 18.2 Å². The Morgan fingerprint density at radius 1 is 1.32 bits per heavy atom. The molecule has 1 atom stereocenters. The van der Waals surface area contributed by atoms with Crippen molar-refractivity contribution in [2.75, 3.05) is 6.54 Å². The van der Waals surface area contributed by atoms with Crippen LogP contribution in [0.15, 0.2) is 18.2 Å². The molecule has 0 saturated carbocycles. The van der Waals surface area contributed by atoms with Crippen LogP contribution in [0.5, 0.6) is 0 Å². The summed E-state index contributed by atoms with van der Waals surface area (Å²) in [5, 5.41) is 3.90. The van der Waals surface area contributed by atoms with Crippen LogP contribution in [0.2, 0.25) is 10.0 Å². The second-order valence-corrected chi connectivity index (χ2v) is 5.59. The maximum Gasteiger partial charge on any atom is 0.252 e. The number of benzene rings is 1. The molecule has 0 heterocycles. The van der Waals surface area contributed by atoms with Crippen molar-refractivity contribution in [3.05, 3.63) is 33.8 Å². The molecule has 4 heteroatoms. The Labute approximate surface area is 125 Å². The Balaban J connectivity index is 2.56. The molecule has 0 bridgehead atoms. The van der Waals surface area contributed by atoms with Crippen molar-refractivity contribution < 1.29 is 4.79 Å². The normalized spacial score (nSPS) is 12.2. The van der Waals surface area contributed by atoms with E-state index < -0.39 is 0 Å². The van der Waals surface area contributed by atoms with Gasteiger partial charge >= 0.3 is 0 Å². The molecule has 0 fully saturated rings. The zero-order valence-electron chi connectivity index (χ0n) is 11.5. The molecule has 2 nitrogen and oxygen atoms in total. The molecule has 1 amide bonds. The van der Waals surface area contributed by atoms with E-state index in [4.69, 9.17) is 23.2 Å². The highest BCUT2D eigenvalue weighted by Crippen LogP contribution is 2.20. The predicted octanol–water partition coefficient (Wildman–Crippen LogP) is 4.94. The number of hydrogen-bond donors (Lipinski definition) is 1. The SMILES string of the molecule is CCCCC(CC)CNC(=O)c1cc(Cl)ccc1Cl. The molecule has 0 aliphatic heterocycles. The van der Waals surface area contributed by atoms with Gasteiger partial charge in [0.15, 0.2) is 0 Å². The first-order valence-electron chi connectivity index (χ1n) is 6.81. The first-order chi connectivity index (χ1) is 9.08. The number of hydrogen-bond acceptors (Lipinski definition) is 1. The minimum absolute atomic E-state index is 0.151. The highest BCUT2D eigenvalue weighted by molar-refractivity contribution is 6.35. The summed E-state index contributed by atoms with van der Waals surface area (Å²) in [5.74, 6) is 0.379. The molecule has 0 saturated heterocycles.